The van der Waals surface area contributed by atoms with Crippen molar-refractivity contribution in [3.05, 3.63) is 34.5 Å². The summed E-state index contributed by atoms with van der Waals surface area (Å²) < 4.78 is 0. The molecule has 0 bridgehead atoms. The number of rotatable bonds is 1. The summed E-state index contributed by atoms with van der Waals surface area (Å²) >= 11 is 1.74. The van der Waals surface area contributed by atoms with Crippen LogP contribution >= 0.6 is 11.3 Å². The number of fused-ring (bicyclic) bond motifs is 1. The number of aromatic nitrogens is 2. The minimum absolute atomic E-state index is 0.123. The molecule has 3 rings (SSSR count). The summed E-state index contributed by atoms with van der Waals surface area (Å²) in [5, 5.41) is 0. The zero-order valence-electron chi connectivity index (χ0n) is 9.81. The third-order valence-corrected chi connectivity index (χ3v) is 4.19. The van der Waals surface area contributed by atoms with Crippen LogP contribution in [0, 0.1) is 6.92 Å². The van der Waals surface area contributed by atoms with Crippen LogP contribution in [0.5, 0.6) is 0 Å². The van der Waals surface area contributed by atoms with Crippen molar-refractivity contribution in [3.8, 4) is 10.7 Å². The largest absolute Gasteiger partial charge is 0.324 e. The van der Waals surface area contributed by atoms with Crippen LogP contribution in [-0.2, 0) is 6.42 Å². The first-order chi connectivity index (χ1) is 8.24. The summed E-state index contributed by atoms with van der Waals surface area (Å²) in [7, 11) is 0. The summed E-state index contributed by atoms with van der Waals surface area (Å²) in [5.41, 5.74) is 8.33. The van der Waals surface area contributed by atoms with Gasteiger partial charge in [0.25, 0.3) is 0 Å². The third-order valence-electron chi connectivity index (χ3n) is 3.19. The molecule has 0 aromatic carbocycles. The molecule has 3 nitrogen and oxygen atoms in total. The lowest BCUT2D eigenvalue weighted by Gasteiger charge is -2.20. The van der Waals surface area contributed by atoms with Crippen molar-refractivity contribution < 1.29 is 0 Å². The third kappa shape index (κ3) is 1.98. The molecule has 2 aromatic heterocycles. The van der Waals surface area contributed by atoms with E-state index < -0.39 is 0 Å². The van der Waals surface area contributed by atoms with Crippen LogP contribution in [0.25, 0.3) is 10.7 Å². The van der Waals surface area contributed by atoms with Crippen LogP contribution in [0.1, 0.15) is 35.0 Å². The van der Waals surface area contributed by atoms with Crippen molar-refractivity contribution in [2.45, 2.75) is 32.2 Å². The van der Waals surface area contributed by atoms with Gasteiger partial charge in [0.15, 0.2) is 5.82 Å². The van der Waals surface area contributed by atoms with E-state index in [1.54, 1.807) is 11.3 Å². The second-order valence-electron chi connectivity index (χ2n) is 4.50. The average Bonchev–Trinajstić information content (AvgIpc) is 2.76. The second kappa shape index (κ2) is 4.20. The van der Waals surface area contributed by atoms with E-state index in [0.29, 0.717) is 0 Å². The lowest BCUT2D eigenvalue weighted by Crippen LogP contribution is -2.19. The molecule has 1 atom stereocenters. The summed E-state index contributed by atoms with van der Waals surface area (Å²) in [5.74, 6) is 0.843. The van der Waals surface area contributed by atoms with Crippen molar-refractivity contribution >= 4 is 11.3 Å². The molecule has 0 saturated heterocycles. The predicted molar refractivity (Wildman–Crippen MR) is 69.9 cm³/mol. The van der Waals surface area contributed by atoms with Crippen molar-refractivity contribution in [1.29, 1.82) is 0 Å². The second-order valence-corrected chi connectivity index (χ2v) is 5.79. The summed E-state index contributed by atoms with van der Waals surface area (Å²) in [6, 6.07) is 4.32. The number of hydrogen-bond donors (Lipinski definition) is 1. The number of thiophene rings is 1. The first-order valence-electron chi connectivity index (χ1n) is 5.92. The lowest BCUT2D eigenvalue weighted by molar-refractivity contribution is 0.557. The molecule has 0 amide bonds. The maximum atomic E-state index is 6.06. The molecule has 0 spiro atoms. The van der Waals surface area contributed by atoms with Crippen LogP contribution < -0.4 is 5.73 Å². The Morgan fingerprint density at radius 1 is 1.41 bits per heavy atom. The number of nitrogens with two attached hydrogens (primary N) is 1. The number of aryl methyl sites for hydroxylation is 2. The minimum Gasteiger partial charge on any atom is -0.324 e. The minimum atomic E-state index is 0.123. The quantitative estimate of drug-likeness (QED) is 0.840. The zero-order chi connectivity index (χ0) is 11.8. The van der Waals surface area contributed by atoms with E-state index in [1.807, 2.05) is 6.20 Å². The standard InChI is InChI=1S/C13H15N3S/c1-8-5-6-12(17-8)13-15-7-9-10(14)3-2-4-11(9)16-13/h5-7,10H,2-4,14H2,1H3. The molecule has 2 aromatic rings. The molecule has 2 N–H and O–H groups in total. The van der Waals surface area contributed by atoms with Crippen LogP contribution in [0.3, 0.4) is 0 Å². The fourth-order valence-electron chi connectivity index (χ4n) is 2.25. The van der Waals surface area contributed by atoms with Crippen molar-refractivity contribution in [1.82, 2.24) is 9.97 Å². The van der Waals surface area contributed by atoms with E-state index in [2.05, 4.69) is 29.0 Å². The van der Waals surface area contributed by atoms with Gasteiger partial charge in [-0.1, -0.05) is 0 Å². The summed E-state index contributed by atoms with van der Waals surface area (Å²) in [4.78, 5) is 11.5. The predicted octanol–water partition coefficient (Wildman–Crippen LogP) is 2.85. The highest BCUT2D eigenvalue weighted by Crippen LogP contribution is 2.29. The average molecular weight is 245 g/mol. The Morgan fingerprint density at radius 2 is 2.29 bits per heavy atom. The van der Waals surface area contributed by atoms with Gasteiger partial charge in [0.1, 0.15) is 0 Å². The highest BCUT2D eigenvalue weighted by molar-refractivity contribution is 7.15. The van der Waals surface area contributed by atoms with Gasteiger partial charge in [-0.05, 0) is 38.3 Å². The normalized spacial score (nSPS) is 19.1. The van der Waals surface area contributed by atoms with Gasteiger partial charge < -0.3 is 5.73 Å². The maximum absolute atomic E-state index is 6.06. The highest BCUT2D eigenvalue weighted by Gasteiger charge is 2.19. The van der Waals surface area contributed by atoms with Gasteiger partial charge in [0.2, 0.25) is 0 Å². The Labute approximate surface area is 105 Å². The summed E-state index contributed by atoms with van der Waals surface area (Å²) in [6.07, 6.45) is 5.13. The Morgan fingerprint density at radius 3 is 3.06 bits per heavy atom. The van der Waals surface area contributed by atoms with E-state index in [1.165, 1.54) is 4.88 Å². The molecule has 4 heteroatoms. The van der Waals surface area contributed by atoms with Crippen LogP contribution in [0.4, 0.5) is 0 Å². The molecule has 88 valence electrons. The van der Waals surface area contributed by atoms with Crippen molar-refractivity contribution in [3.63, 3.8) is 0 Å². The smallest absolute Gasteiger partial charge is 0.169 e. The first-order valence-corrected chi connectivity index (χ1v) is 6.74. The van der Waals surface area contributed by atoms with Crippen LogP contribution in [-0.4, -0.2) is 9.97 Å². The molecule has 1 unspecified atom stereocenters. The SMILES string of the molecule is Cc1ccc(-c2ncc3c(n2)CCCC3N)s1. The fourth-order valence-corrected chi connectivity index (χ4v) is 3.06. The van der Waals surface area contributed by atoms with Crippen molar-refractivity contribution in [2.75, 3.05) is 0 Å². The molecule has 0 radical (unpaired) electrons. The molecule has 17 heavy (non-hydrogen) atoms. The molecular weight excluding hydrogens is 230 g/mol. The van der Waals surface area contributed by atoms with E-state index in [-0.39, 0.29) is 6.04 Å². The fraction of sp³-hybridized carbons (Fsp3) is 0.385. The number of hydrogen-bond acceptors (Lipinski definition) is 4. The van der Waals surface area contributed by atoms with E-state index in [0.717, 1.165) is 41.2 Å². The maximum Gasteiger partial charge on any atom is 0.169 e. The van der Waals surface area contributed by atoms with E-state index in [9.17, 15) is 0 Å². The Hall–Kier alpha value is -1.26. The van der Waals surface area contributed by atoms with Crippen LogP contribution in [0.2, 0.25) is 0 Å². The van der Waals surface area contributed by atoms with Gasteiger partial charge in [-0.2, -0.15) is 0 Å². The molecular formula is C13H15N3S. The Balaban J connectivity index is 2.03. The van der Waals surface area contributed by atoms with Gasteiger partial charge in [-0.15, -0.1) is 11.3 Å². The van der Waals surface area contributed by atoms with Gasteiger partial charge in [0, 0.05) is 28.4 Å². The monoisotopic (exact) mass is 245 g/mol. The molecule has 1 aliphatic rings. The lowest BCUT2D eigenvalue weighted by atomic mass is 9.93. The number of nitrogens with zero attached hydrogens (tertiary/aromatic N) is 2. The first kappa shape index (κ1) is 10.9. The molecule has 1 aliphatic carbocycles. The van der Waals surface area contributed by atoms with Crippen molar-refractivity contribution in [2.24, 2.45) is 5.73 Å². The van der Waals surface area contributed by atoms with Gasteiger partial charge in [-0.25, -0.2) is 9.97 Å². The summed E-state index contributed by atoms with van der Waals surface area (Å²) in [6.45, 7) is 2.10. The van der Waals surface area contributed by atoms with E-state index >= 15 is 0 Å². The highest BCUT2D eigenvalue weighted by atomic mass is 32.1. The van der Waals surface area contributed by atoms with Gasteiger partial charge >= 0.3 is 0 Å². The van der Waals surface area contributed by atoms with E-state index in [4.69, 9.17) is 5.73 Å². The molecule has 2 heterocycles. The zero-order valence-corrected chi connectivity index (χ0v) is 10.6. The molecule has 0 saturated carbocycles. The molecule has 0 aliphatic heterocycles. The molecule has 0 fully saturated rings. The Bertz CT molecular complexity index is 547. The van der Waals surface area contributed by atoms with Gasteiger partial charge in [-0.3, -0.25) is 0 Å². The Kier molecular flexibility index (Phi) is 2.68. The topological polar surface area (TPSA) is 51.8 Å². The van der Waals surface area contributed by atoms with Gasteiger partial charge in [0.05, 0.1) is 4.88 Å². The van der Waals surface area contributed by atoms with Crippen LogP contribution in [0.15, 0.2) is 18.3 Å².